The highest BCUT2D eigenvalue weighted by Gasteiger charge is 2.08. The molecule has 0 aromatic heterocycles. The fraction of sp³-hybridized carbons (Fsp3) is 0.100. The van der Waals surface area contributed by atoms with Crippen LogP contribution in [0.1, 0.15) is 5.56 Å². The predicted octanol–water partition coefficient (Wildman–Crippen LogP) is 0.823. The molecule has 5 N–H and O–H groups in total. The molecule has 0 atom stereocenters. The number of para-hydroxylation sites is 1. The Labute approximate surface area is 82.3 Å². The second-order valence-electron chi connectivity index (χ2n) is 3.06. The van der Waals surface area contributed by atoms with E-state index >= 15 is 0 Å². The minimum absolute atomic E-state index is 0.597. The van der Waals surface area contributed by atoms with Crippen molar-refractivity contribution in [3.05, 3.63) is 30.0 Å². The zero-order valence-electron chi connectivity index (χ0n) is 7.70. The lowest BCUT2D eigenvalue weighted by atomic mass is 10.1. The minimum atomic E-state index is 0.597. The molecule has 1 aliphatic heterocycles. The molecule has 72 valence electrons. The minimum Gasteiger partial charge on any atom is -0.397 e. The predicted molar refractivity (Wildman–Crippen MR) is 59.7 cm³/mol. The van der Waals surface area contributed by atoms with Crippen molar-refractivity contribution in [3.8, 4) is 0 Å². The van der Waals surface area contributed by atoms with Crippen molar-refractivity contribution < 1.29 is 0 Å². The first-order valence-corrected chi connectivity index (χ1v) is 4.39. The zero-order chi connectivity index (χ0) is 9.97. The van der Waals surface area contributed by atoms with Crippen molar-refractivity contribution in [1.29, 1.82) is 0 Å². The molecule has 1 aromatic rings. The molecule has 2 rings (SSSR count). The summed E-state index contributed by atoms with van der Waals surface area (Å²) in [6.45, 7) is 0.722. The van der Waals surface area contributed by atoms with Gasteiger partial charge in [-0.15, -0.1) is 0 Å². The SMILES string of the molecule is Nc1cccc(C2=CN=CCN2)c1N. The van der Waals surface area contributed by atoms with Crippen molar-refractivity contribution in [2.75, 3.05) is 18.0 Å². The van der Waals surface area contributed by atoms with Gasteiger partial charge in [-0.2, -0.15) is 0 Å². The standard InChI is InChI=1S/C10H12N4/c11-8-3-1-2-7(10(8)12)9-6-13-4-5-14-9/h1-4,6,14H,5,11-12H2. The van der Waals surface area contributed by atoms with Crippen LogP contribution in [0.2, 0.25) is 0 Å². The van der Waals surface area contributed by atoms with Gasteiger partial charge in [-0.25, -0.2) is 0 Å². The molecule has 14 heavy (non-hydrogen) atoms. The largest absolute Gasteiger partial charge is 0.397 e. The topological polar surface area (TPSA) is 76.4 Å². The lowest BCUT2D eigenvalue weighted by molar-refractivity contribution is 1.03. The quantitative estimate of drug-likeness (QED) is 0.571. The van der Waals surface area contributed by atoms with Gasteiger partial charge in [-0.1, -0.05) is 12.1 Å². The summed E-state index contributed by atoms with van der Waals surface area (Å²) in [6.07, 6.45) is 3.54. The van der Waals surface area contributed by atoms with Crippen LogP contribution >= 0.6 is 0 Å². The molecular weight excluding hydrogens is 176 g/mol. The number of aliphatic imine (C=N–C) groups is 1. The molecule has 1 heterocycles. The molecule has 0 spiro atoms. The molecule has 1 aliphatic rings. The third-order valence-electron chi connectivity index (χ3n) is 2.12. The Kier molecular flexibility index (Phi) is 2.10. The summed E-state index contributed by atoms with van der Waals surface area (Å²) >= 11 is 0. The monoisotopic (exact) mass is 188 g/mol. The van der Waals surface area contributed by atoms with Gasteiger partial charge in [0.05, 0.1) is 29.8 Å². The summed E-state index contributed by atoms with van der Waals surface area (Å²) in [5.41, 5.74) is 14.6. The van der Waals surface area contributed by atoms with E-state index < -0.39 is 0 Å². The van der Waals surface area contributed by atoms with E-state index in [1.54, 1.807) is 18.5 Å². The van der Waals surface area contributed by atoms with E-state index in [0.717, 1.165) is 17.8 Å². The summed E-state index contributed by atoms with van der Waals surface area (Å²) in [7, 11) is 0. The van der Waals surface area contributed by atoms with Gasteiger partial charge in [-0.3, -0.25) is 4.99 Å². The Morgan fingerprint density at radius 2 is 2.14 bits per heavy atom. The smallest absolute Gasteiger partial charge is 0.0642 e. The van der Waals surface area contributed by atoms with Crippen LogP contribution in [0, 0.1) is 0 Å². The van der Waals surface area contributed by atoms with Crippen molar-refractivity contribution in [2.45, 2.75) is 0 Å². The third kappa shape index (κ3) is 1.42. The maximum atomic E-state index is 5.86. The number of nitrogens with two attached hydrogens (primary N) is 2. The zero-order valence-corrected chi connectivity index (χ0v) is 7.70. The Bertz CT molecular complexity index is 407. The average molecular weight is 188 g/mol. The Morgan fingerprint density at radius 3 is 2.86 bits per heavy atom. The van der Waals surface area contributed by atoms with Crippen LogP contribution < -0.4 is 16.8 Å². The Balaban J connectivity index is 2.45. The molecule has 0 radical (unpaired) electrons. The van der Waals surface area contributed by atoms with Crippen LogP contribution in [0.25, 0.3) is 5.70 Å². The van der Waals surface area contributed by atoms with Crippen LogP contribution in [-0.4, -0.2) is 12.8 Å². The highest BCUT2D eigenvalue weighted by atomic mass is 14.9. The molecule has 0 aliphatic carbocycles. The number of hydrogen-bond acceptors (Lipinski definition) is 4. The summed E-state index contributed by atoms with van der Waals surface area (Å²) in [5.74, 6) is 0. The normalized spacial score (nSPS) is 14.7. The fourth-order valence-electron chi connectivity index (χ4n) is 1.36. The molecule has 0 amide bonds. The van der Waals surface area contributed by atoms with Crippen LogP contribution in [0.4, 0.5) is 11.4 Å². The van der Waals surface area contributed by atoms with Crippen molar-refractivity contribution in [3.63, 3.8) is 0 Å². The van der Waals surface area contributed by atoms with Crippen LogP contribution in [0.3, 0.4) is 0 Å². The average Bonchev–Trinajstić information content (AvgIpc) is 2.23. The van der Waals surface area contributed by atoms with Gasteiger partial charge in [0.25, 0.3) is 0 Å². The van der Waals surface area contributed by atoms with Gasteiger partial charge >= 0.3 is 0 Å². The lowest BCUT2D eigenvalue weighted by Gasteiger charge is -2.14. The Morgan fingerprint density at radius 1 is 1.29 bits per heavy atom. The Hall–Kier alpha value is -1.97. The summed E-state index contributed by atoms with van der Waals surface area (Å²) in [6, 6.07) is 5.58. The first kappa shape index (κ1) is 8.62. The highest BCUT2D eigenvalue weighted by Crippen LogP contribution is 2.25. The maximum Gasteiger partial charge on any atom is 0.0642 e. The van der Waals surface area contributed by atoms with Crippen molar-refractivity contribution >= 4 is 23.3 Å². The van der Waals surface area contributed by atoms with Gasteiger partial charge in [0.15, 0.2) is 0 Å². The van der Waals surface area contributed by atoms with Crippen LogP contribution in [0.5, 0.6) is 0 Å². The second-order valence-corrected chi connectivity index (χ2v) is 3.06. The molecular formula is C10H12N4. The van der Waals surface area contributed by atoms with Gasteiger partial charge in [0.1, 0.15) is 0 Å². The van der Waals surface area contributed by atoms with E-state index in [-0.39, 0.29) is 0 Å². The van der Waals surface area contributed by atoms with E-state index in [9.17, 15) is 0 Å². The molecule has 0 saturated carbocycles. The van der Waals surface area contributed by atoms with E-state index in [0.29, 0.717) is 11.4 Å². The van der Waals surface area contributed by atoms with Gasteiger partial charge < -0.3 is 16.8 Å². The summed E-state index contributed by atoms with van der Waals surface area (Å²) in [4.78, 5) is 4.06. The highest BCUT2D eigenvalue weighted by molar-refractivity contribution is 5.83. The summed E-state index contributed by atoms with van der Waals surface area (Å²) < 4.78 is 0. The number of rotatable bonds is 1. The van der Waals surface area contributed by atoms with E-state index in [2.05, 4.69) is 10.3 Å². The van der Waals surface area contributed by atoms with Gasteiger partial charge in [0.2, 0.25) is 0 Å². The fourth-order valence-corrected chi connectivity index (χ4v) is 1.36. The second kappa shape index (κ2) is 3.41. The number of nitrogens with zero attached hydrogens (tertiary/aromatic N) is 1. The van der Waals surface area contributed by atoms with E-state index in [1.807, 2.05) is 12.1 Å². The maximum absolute atomic E-state index is 5.86. The molecule has 0 fully saturated rings. The molecule has 0 unspecified atom stereocenters. The van der Waals surface area contributed by atoms with Crippen LogP contribution in [0.15, 0.2) is 29.4 Å². The number of anilines is 2. The van der Waals surface area contributed by atoms with Crippen molar-refractivity contribution in [1.82, 2.24) is 5.32 Å². The molecule has 0 bridgehead atoms. The first-order chi connectivity index (χ1) is 6.79. The van der Waals surface area contributed by atoms with Crippen LogP contribution in [-0.2, 0) is 0 Å². The third-order valence-corrected chi connectivity index (χ3v) is 2.12. The number of hydrogen-bond donors (Lipinski definition) is 3. The van der Waals surface area contributed by atoms with Gasteiger partial charge in [0, 0.05) is 11.8 Å². The number of benzene rings is 1. The van der Waals surface area contributed by atoms with E-state index in [4.69, 9.17) is 11.5 Å². The molecule has 4 heteroatoms. The molecule has 1 aromatic carbocycles. The van der Waals surface area contributed by atoms with Crippen molar-refractivity contribution in [2.24, 2.45) is 4.99 Å². The molecule has 4 nitrogen and oxygen atoms in total. The first-order valence-electron chi connectivity index (χ1n) is 4.39. The molecule has 0 saturated heterocycles. The number of nitrogens with one attached hydrogen (secondary N) is 1. The lowest BCUT2D eigenvalue weighted by Crippen LogP contribution is -2.18. The van der Waals surface area contributed by atoms with E-state index in [1.165, 1.54) is 0 Å². The summed E-state index contributed by atoms with van der Waals surface area (Å²) in [5, 5.41) is 3.18. The van der Waals surface area contributed by atoms with Gasteiger partial charge in [-0.05, 0) is 6.07 Å². The number of nitrogen functional groups attached to an aromatic ring is 2.